The van der Waals surface area contributed by atoms with E-state index in [1.807, 2.05) is 6.92 Å². The summed E-state index contributed by atoms with van der Waals surface area (Å²) in [7, 11) is -3.66. The fourth-order valence-electron chi connectivity index (χ4n) is 2.19. The first kappa shape index (κ1) is 18.7. The molecule has 0 aromatic heterocycles. The van der Waals surface area contributed by atoms with E-state index in [0.717, 1.165) is 11.8 Å². The van der Waals surface area contributed by atoms with E-state index in [-0.39, 0.29) is 18.0 Å². The highest BCUT2D eigenvalue weighted by atomic mass is 32.2. The van der Waals surface area contributed by atoms with Gasteiger partial charge in [0.2, 0.25) is 10.0 Å². The van der Waals surface area contributed by atoms with Crippen LogP contribution >= 0.6 is 0 Å². The van der Waals surface area contributed by atoms with E-state index in [4.69, 9.17) is 0 Å². The van der Waals surface area contributed by atoms with Gasteiger partial charge in [-0.2, -0.15) is 4.31 Å². The summed E-state index contributed by atoms with van der Waals surface area (Å²) in [5.41, 5.74) is 2.04. The molecule has 0 heterocycles. The van der Waals surface area contributed by atoms with Gasteiger partial charge in [-0.3, -0.25) is 4.79 Å². The van der Waals surface area contributed by atoms with Crippen molar-refractivity contribution in [1.82, 2.24) is 4.31 Å². The topological polar surface area (TPSA) is 54.5 Å². The number of hydrogen-bond donors (Lipinski definition) is 0. The highest BCUT2D eigenvalue weighted by Gasteiger charge is 2.22. The van der Waals surface area contributed by atoms with Gasteiger partial charge in [0.25, 0.3) is 0 Å². The third-order valence-electron chi connectivity index (χ3n) is 3.56. The molecule has 2 aromatic carbocycles. The highest BCUT2D eigenvalue weighted by molar-refractivity contribution is 7.89. The second-order valence-electron chi connectivity index (χ2n) is 5.41. The average molecular weight is 353 g/mol. The van der Waals surface area contributed by atoms with Crippen LogP contribution in [0.2, 0.25) is 0 Å². The van der Waals surface area contributed by atoms with E-state index in [1.54, 1.807) is 48.5 Å². The Bertz CT molecular complexity index is 919. The minimum absolute atomic E-state index is 0.00935. The van der Waals surface area contributed by atoms with Gasteiger partial charge in [-0.15, -0.1) is 6.58 Å². The molecule has 5 heteroatoms. The lowest BCUT2D eigenvalue weighted by Crippen LogP contribution is -2.31. The van der Waals surface area contributed by atoms with Gasteiger partial charge in [0.1, 0.15) is 0 Å². The zero-order valence-corrected chi connectivity index (χ0v) is 14.8. The summed E-state index contributed by atoms with van der Waals surface area (Å²) in [5.74, 6) is 5.70. The average Bonchev–Trinajstić information content (AvgIpc) is 2.61. The molecule has 25 heavy (non-hydrogen) atoms. The molecule has 0 spiro atoms. The lowest BCUT2D eigenvalue weighted by molar-refractivity contribution is 0.112. The van der Waals surface area contributed by atoms with Crippen LogP contribution in [0, 0.1) is 18.8 Å². The molecule has 2 rings (SSSR count). The lowest BCUT2D eigenvalue weighted by Gasteiger charge is -2.18. The summed E-state index contributed by atoms with van der Waals surface area (Å²) < 4.78 is 26.8. The Morgan fingerprint density at radius 2 is 1.80 bits per heavy atom. The quantitative estimate of drug-likeness (QED) is 0.456. The van der Waals surface area contributed by atoms with Crippen molar-refractivity contribution >= 4 is 16.3 Å². The Labute approximate surface area is 148 Å². The van der Waals surface area contributed by atoms with Crippen LogP contribution < -0.4 is 0 Å². The Balaban J connectivity index is 2.27. The Hall–Kier alpha value is -2.68. The monoisotopic (exact) mass is 353 g/mol. The molecule has 0 fully saturated rings. The van der Waals surface area contributed by atoms with Crippen LogP contribution in [0.15, 0.2) is 66.1 Å². The normalized spacial score (nSPS) is 10.8. The Kier molecular flexibility index (Phi) is 6.29. The van der Waals surface area contributed by atoms with Gasteiger partial charge in [-0.1, -0.05) is 53.8 Å². The number of sulfonamides is 1. The summed E-state index contributed by atoms with van der Waals surface area (Å²) in [6.45, 7) is 5.67. The predicted octanol–water partition coefficient (Wildman–Crippen LogP) is 3.04. The van der Waals surface area contributed by atoms with E-state index in [2.05, 4.69) is 18.4 Å². The van der Waals surface area contributed by atoms with Crippen molar-refractivity contribution in [2.24, 2.45) is 0 Å². The smallest absolute Gasteiger partial charge is 0.244 e. The van der Waals surface area contributed by atoms with Crippen molar-refractivity contribution in [2.45, 2.75) is 11.8 Å². The van der Waals surface area contributed by atoms with Gasteiger partial charge in [-0.25, -0.2) is 8.42 Å². The highest BCUT2D eigenvalue weighted by Crippen LogP contribution is 2.16. The molecule has 0 atom stereocenters. The van der Waals surface area contributed by atoms with Crippen molar-refractivity contribution < 1.29 is 13.2 Å². The Morgan fingerprint density at radius 1 is 1.12 bits per heavy atom. The molecular formula is C20H19NO3S. The summed E-state index contributed by atoms with van der Waals surface area (Å²) in [5, 5.41) is 0. The SMILES string of the molecule is C=CCN(CC#Cc1ccccc1C=O)S(=O)(=O)c1ccc(C)cc1. The fourth-order valence-corrected chi connectivity index (χ4v) is 3.50. The van der Waals surface area contributed by atoms with Gasteiger partial charge >= 0.3 is 0 Å². The first-order valence-corrected chi connectivity index (χ1v) is 9.14. The summed E-state index contributed by atoms with van der Waals surface area (Å²) in [6.07, 6.45) is 2.25. The van der Waals surface area contributed by atoms with Gasteiger partial charge < -0.3 is 0 Å². The number of hydrogen-bond acceptors (Lipinski definition) is 3. The lowest BCUT2D eigenvalue weighted by atomic mass is 10.1. The maximum Gasteiger partial charge on any atom is 0.244 e. The van der Waals surface area contributed by atoms with E-state index < -0.39 is 10.0 Å². The van der Waals surface area contributed by atoms with Crippen LogP contribution in [0.1, 0.15) is 21.5 Å². The molecule has 0 radical (unpaired) electrons. The van der Waals surface area contributed by atoms with E-state index >= 15 is 0 Å². The minimum atomic E-state index is -3.66. The van der Waals surface area contributed by atoms with Gasteiger partial charge in [0, 0.05) is 17.7 Å². The maximum absolute atomic E-state index is 12.8. The summed E-state index contributed by atoms with van der Waals surface area (Å²) in [4.78, 5) is 11.2. The standard InChI is InChI=1S/C20H19NO3S/c1-3-14-21(25(23,24)20-12-10-17(2)11-13-20)15-6-9-18-7-4-5-8-19(18)16-22/h3-5,7-8,10-13,16H,1,14-15H2,2H3. The maximum atomic E-state index is 12.8. The van der Waals surface area contributed by atoms with Gasteiger partial charge in [-0.05, 0) is 25.1 Å². The number of aldehydes is 1. The number of carbonyl (C=O) groups is 1. The number of rotatable bonds is 6. The predicted molar refractivity (Wildman–Crippen MR) is 98.8 cm³/mol. The third-order valence-corrected chi connectivity index (χ3v) is 5.38. The molecule has 2 aromatic rings. The molecule has 0 aliphatic rings. The molecule has 0 N–H and O–H groups in total. The first-order valence-electron chi connectivity index (χ1n) is 7.70. The number of aryl methyl sites for hydroxylation is 1. The summed E-state index contributed by atoms with van der Waals surface area (Å²) >= 11 is 0. The molecule has 0 aliphatic heterocycles. The summed E-state index contributed by atoms with van der Waals surface area (Å²) in [6, 6.07) is 13.6. The number of benzene rings is 2. The zero-order chi connectivity index (χ0) is 18.3. The largest absolute Gasteiger partial charge is 0.298 e. The van der Waals surface area contributed by atoms with Crippen LogP contribution in [0.5, 0.6) is 0 Å². The van der Waals surface area contributed by atoms with Crippen LogP contribution in [-0.2, 0) is 10.0 Å². The number of nitrogens with zero attached hydrogens (tertiary/aromatic N) is 1. The van der Waals surface area contributed by atoms with Crippen LogP contribution in [0.3, 0.4) is 0 Å². The van der Waals surface area contributed by atoms with Gasteiger partial charge in [0.15, 0.2) is 6.29 Å². The van der Waals surface area contributed by atoms with Gasteiger partial charge in [0.05, 0.1) is 11.4 Å². The van der Waals surface area contributed by atoms with Crippen LogP contribution in [0.4, 0.5) is 0 Å². The fraction of sp³-hybridized carbons (Fsp3) is 0.150. The second-order valence-corrected chi connectivity index (χ2v) is 7.34. The first-order chi connectivity index (χ1) is 12.0. The molecule has 0 aliphatic carbocycles. The van der Waals surface area contributed by atoms with E-state index in [1.165, 1.54) is 10.4 Å². The van der Waals surface area contributed by atoms with Crippen molar-refractivity contribution in [3.63, 3.8) is 0 Å². The van der Waals surface area contributed by atoms with E-state index in [9.17, 15) is 13.2 Å². The minimum Gasteiger partial charge on any atom is -0.298 e. The van der Waals surface area contributed by atoms with Crippen molar-refractivity contribution in [1.29, 1.82) is 0 Å². The van der Waals surface area contributed by atoms with Crippen LogP contribution in [-0.4, -0.2) is 32.1 Å². The molecule has 0 bridgehead atoms. The number of carbonyl (C=O) groups excluding carboxylic acids is 1. The Morgan fingerprint density at radius 3 is 2.44 bits per heavy atom. The third kappa shape index (κ3) is 4.66. The molecule has 0 amide bonds. The van der Waals surface area contributed by atoms with Crippen molar-refractivity contribution in [3.05, 3.63) is 77.9 Å². The molecular weight excluding hydrogens is 334 g/mol. The van der Waals surface area contributed by atoms with E-state index in [0.29, 0.717) is 11.1 Å². The molecule has 128 valence electrons. The van der Waals surface area contributed by atoms with Crippen LogP contribution in [0.25, 0.3) is 0 Å². The molecule has 0 saturated heterocycles. The molecule has 0 saturated carbocycles. The zero-order valence-electron chi connectivity index (χ0n) is 14.0. The molecule has 0 unspecified atom stereocenters. The second kappa shape index (κ2) is 8.43. The molecule has 4 nitrogen and oxygen atoms in total. The van der Waals surface area contributed by atoms with Crippen molar-refractivity contribution in [2.75, 3.05) is 13.1 Å². The van der Waals surface area contributed by atoms with Crippen molar-refractivity contribution in [3.8, 4) is 11.8 Å².